The van der Waals surface area contributed by atoms with E-state index < -0.39 is 0 Å². The van der Waals surface area contributed by atoms with Crippen LogP contribution in [0, 0.1) is 5.92 Å². The molecule has 0 spiro atoms. The Morgan fingerprint density at radius 3 is 2.81 bits per heavy atom. The molecule has 1 rings (SSSR count). The lowest BCUT2D eigenvalue weighted by Gasteiger charge is -2.09. The number of aromatic nitrogens is 2. The van der Waals surface area contributed by atoms with Crippen LogP contribution in [0.15, 0.2) is 12.4 Å². The van der Waals surface area contributed by atoms with Crippen molar-refractivity contribution in [2.45, 2.75) is 19.8 Å². The van der Waals surface area contributed by atoms with E-state index in [-0.39, 0.29) is 6.61 Å². The molecule has 1 aromatic heterocycles. The topological polar surface area (TPSA) is 70.1 Å². The molecule has 5 nitrogen and oxygen atoms in total. The third-order valence-corrected chi connectivity index (χ3v) is 2.38. The molecule has 90 valence electrons. The summed E-state index contributed by atoms with van der Waals surface area (Å²) in [6.07, 6.45) is 5.42. The van der Waals surface area contributed by atoms with E-state index in [2.05, 4.69) is 20.6 Å². The molecular formula is C11H20N4O. The fourth-order valence-corrected chi connectivity index (χ4v) is 1.33. The van der Waals surface area contributed by atoms with Gasteiger partial charge in [0, 0.05) is 20.2 Å². The SMILES string of the molecule is CNc1cncc(NCCCC(C)CO)n1. The standard InChI is InChI=1S/C11H20N4O/c1-9(8-16)4-3-5-14-11-7-13-6-10(12-2)15-11/h6-7,9,16H,3-5,8H2,1-2H3,(H2,12,14,15). The number of anilines is 2. The zero-order chi connectivity index (χ0) is 11.8. The Labute approximate surface area is 96.3 Å². The van der Waals surface area contributed by atoms with Gasteiger partial charge in [0.1, 0.15) is 11.6 Å². The summed E-state index contributed by atoms with van der Waals surface area (Å²) in [7, 11) is 1.82. The van der Waals surface area contributed by atoms with Crippen molar-refractivity contribution < 1.29 is 5.11 Å². The lowest BCUT2D eigenvalue weighted by Crippen LogP contribution is -2.08. The Balaban J connectivity index is 2.26. The zero-order valence-corrected chi connectivity index (χ0v) is 9.90. The van der Waals surface area contributed by atoms with Crippen molar-refractivity contribution in [2.75, 3.05) is 30.8 Å². The van der Waals surface area contributed by atoms with Crippen molar-refractivity contribution in [1.29, 1.82) is 0 Å². The summed E-state index contributed by atoms with van der Waals surface area (Å²) in [6, 6.07) is 0. The van der Waals surface area contributed by atoms with Gasteiger partial charge in [-0.05, 0) is 18.8 Å². The lowest BCUT2D eigenvalue weighted by molar-refractivity contribution is 0.229. The fourth-order valence-electron chi connectivity index (χ4n) is 1.33. The van der Waals surface area contributed by atoms with Crippen LogP contribution in [0.3, 0.4) is 0 Å². The van der Waals surface area contributed by atoms with Crippen LogP contribution in [0.4, 0.5) is 11.6 Å². The molecule has 0 aromatic carbocycles. The minimum atomic E-state index is 0.259. The molecule has 0 bridgehead atoms. The molecule has 0 fully saturated rings. The average Bonchev–Trinajstić information content (AvgIpc) is 2.34. The predicted octanol–water partition coefficient (Wildman–Crippen LogP) is 1.34. The van der Waals surface area contributed by atoms with Gasteiger partial charge in [-0.1, -0.05) is 6.92 Å². The number of hydrogen-bond donors (Lipinski definition) is 3. The lowest BCUT2D eigenvalue weighted by atomic mass is 10.1. The second kappa shape index (κ2) is 7.00. The maximum Gasteiger partial charge on any atom is 0.146 e. The first-order valence-corrected chi connectivity index (χ1v) is 5.60. The van der Waals surface area contributed by atoms with Gasteiger partial charge in [-0.2, -0.15) is 0 Å². The van der Waals surface area contributed by atoms with Gasteiger partial charge in [0.05, 0.1) is 12.4 Å². The largest absolute Gasteiger partial charge is 0.396 e. The number of aliphatic hydroxyl groups is 1. The maximum atomic E-state index is 8.87. The Morgan fingerprint density at radius 2 is 2.12 bits per heavy atom. The highest BCUT2D eigenvalue weighted by Crippen LogP contribution is 2.07. The van der Waals surface area contributed by atoms with Gasteiger partial charge in [0.25, 0.3) is 0 Å². The summed E-state index contributed by atoms with van der Waals surface area (Å²) in [5, 5.41) is 15.0. The zero-order valence-electron chi connectivity index (χ0n) is 9.90. The van der Waals surface area contributed by atoms with Gasteiger partial charge in [-0.3, -0.25) is 4.98 Å². The van der Waals surface area contributed by atoms with E-state index in [4.69, 9.17) is 5.11 Å². The molecule has 1 aromatic rings. The van der Waals surface area contributed by atoms with Crippen molar-refractivity contribution >= 4 is 11.6 Å². The smallest absolute Gasteiger partial charge is 0.146 e. The molecule has 1 heterocycles. The second-order valence-electron chi connectivity index (χ2n) is 3.90. The molecule has 1 unspecified atom stereocenters. The number of hydrogen-bond acceptors (Lipinski definition) is 5. The van der Waals surface area contributed by atoms with Crippen molar-refractivity contribution in [2.24, 2.45) is 5.92 Å². The van der Waals surface area contributed by atoms with Gasteiger partial charge in [0.2, 0.25) is 0 Å². The monoisotopic (exact) mass is 224 g/mol. The van der Waals surface area contributed by atoms with E-state index in [9.17, 15) is 0 Å². The minimum absolute atomic E-state index is 0.259. The predicted molar refractivity (Wildman–Crippen MR) is 65.6 cm³/mol. The highest BCUT2D eigenvalue weighted by molar-refractivity contribution is 5.40. The minimum Gasteiger partial charge on any atom is -0.396 e. The molecule has 0 amide bonds. The first kappa shape index (κ1) is 12.7. The summed E-state index contributed by atoms with van der Waals surface area (Å²) < 4.78 is 0. The second-order valence-corrected chi connectivity index (χ2v) is 3.90. The van der Waals surface area contributed by atoms with E-state index in [0.717, 1.165) is 31.0 Å². The molecule has 5 heteroatoms. The fraction of sp³-hybridized carbons (Fsp3) is 0.636. The third kappa shape index (κ3) is 4.44. The average molecular weight is 224 g/mol. The van der Waals surface area contributed by atoms with Crippen molar-refractivity contribution in [3.63, 3.8) is 0 Å². The summed E-state index contributed by atoms with van der Waals surface area (Å²) >= 11 is 0. The normalized spacial score (nSPS) is 12.2. The van der Waals surface area contributed by atoms with Gasteiger partial charge in [-0.15, -0.1) is 0 Å². The van der Waals surface area contributed by atoms with E-state index in [0.29, 0.717) is 5.92 Å². The van der Waals surface area contributed by atoms with Gasteiger partial charge >= 0.3 is 0 Å². The van der Waals surface area contributed by atoms with Crippen molar-refractivity contribution in [3.8, 4) is 0 Å². The summed E-state index contributed by atoms with van der Waals surface area (Å²) in [5.74, 6) is 1.91. The first-order valence-electron chi connectivity index (χ1n) is 5.60. The Morgan fingerprint density at radius 1 is 1.38 bits per heavy atom. The van der Waals surface area contributed by atoms with Gasteiger partial charge < -0.3 is 15.7 Å². The van der Waals surface area contributed by atoms with Crippen LogP contribution in [-0.2, 0) is 0 Å². The Bertz CT molecular complexity index is 306. The molecule has 0 aliphatic rings. The quantitative estimate of drug-likeness (QED) is 0.610. The van der Waals surface area contributed by atoms with E-state index >= 15 is 0 Å². The number of nitrogens with one attached hydrogen (secondary N) is 2. The summed E-state index contributed by atoms with van der Waals surface area (Å²) in [4.78, 5) is 8.35. The van der Waals surface area contributed by atoms with E-state index in [1.165, 1.54) is 0 Å². The molecule has 3 N–H and O–H groups in total. The summed E-state index contributed by atoms with van der Waals surface area (Å²) in [5.41, 5.74) is 0. The van der Waals surface area contributed by atoms with Crippen LogP contribution in [0.1, 0.15) is 19.8 Å². The molecule has 0 radical (unpaired) electrons. The molecule has 1 atom stereocenters. The van der Waals surface area contributed by atoms with Crippen LogP contribution in [0.2, 0.25) is 0 Å². The van der Waals surface area contributed by atoms with Gasteiger partial charge in [-0.25, -0.2) is 4.98 Å². The maximum absolute atomic E-state index is 8.87. The summed E-state index contributed by atoms with van der Waals surface area (Å²) in [6.45, 7) is 3.16. The Hall–Kier alpha value is -1.36. The Kier molecular flexibility index (Phi) is 5.56. The van der Waals surface area contributed by atoms with Crippen molar-refractivity contribution in [1.82, 2.24) is 9.97 Å². The molecule has 0 saturated heterocycles. The van der Waals surface area contributed by atoms with Crippen molar-refractivity contribution in [3.05, 3.63) is 12.4 Å². The molecular weight excluding hydrogens is 204 g/mol. The molecule has 0 aliphatic carbocycles. The molecule has 0 saturated carbocycles. The van der Waals surface area contributed by atoms with Gasteiger partial charge in [0.15, 0.2) is 0 Å². The number of rotatable bonds is 7. The van der Waals surface area contributed by atoms with Crippen LogP contribution in [0.5, 0.6) is 0 Å². The van der Waals surface area contributed by atoms with E-state index in [1.54, 1.807) is 12.4 Å². The number of aliphatic hydroxyl groups excluding tert-OH is 1. The van der Waals surface area contributed by atoms with Crippen LogP contribution < -0.4 is 10.6 Å². The molecule has 0 aliphatic heterocycles. The highest BCUT2D eigenvalue weighted by atomic mass is 16.3. The van der Waals surface area contributed by atoms with Crippen LogP contribution in [-0.4, -0.2) is 35.3 Å². The highest BCUT2D eigenvalue weighted by Gasteiger charge is 2.00. The first-order chi connectivity index (χ1) is 7.76. The number of nitrogens with zero attached hydrogens (tertiary/aromatic N) is 2. The van der Waals surface area contributed by atoms with Crippen LogP contribution in [0.25, 0.3) is 0 Å². The van der Waals surface area contributed by atoms with Crippen LogP contribution >= 0.6 is 0 Å². The molecule has 16 heavy (non-hydrogen) atoms. The third-order valence-electron chi connectivity index (χ3n) is 2.38. The van der Waals surface area contributed by atoms with E-state index in [1.807, 2.05) is 14.0 Å².